The Kier molecular flexibility index (Phi) is 5.54. The maximum absolute atomic E-state index is 13.3. The normalized spacial score (nSPS) is 40.3. The van der Waals surface area contributed by atoms with Crippen LogP contribution in [0.15, 0.2) is 47.1 Å². The summed E-state index contributed by atoms with van der Waals surface area (Å²) in [6, 6.07) is 0. The van der Waals surface area contributed by atoms with E-state index in [4.69, 9.17) is 0 Å². The first kappa shape index (κ1) is 21.8. The summed E-state index contributed by atoms with van der Waals surface area (Å²) in [7, 11) is 0. The number of rotatable bonds is 4. The summed E-state index contributed by atoms with van der Waals surface area (Å²) in [6.45, 7) is 13.8. The van der Waals surface area contributed by atoms with Crippen LogP contribution in [0.4, 0.5) is 0 Å². The topological polar surface area (TPSA) is 37.3 Å². The van der Waals surface area contributed by atoms with E-state index < -0.39 is 6.10 Å². The minimum Gasteiger partial charge on any atom is -0.389 e. The molecule has 0 aliphatic heterocycles. The molecule has 0 aromatic heterocycles. The van der Waals surface area contributed by atoms with Crippen molar-refractivity contribution < 1.29 is 9.90 Å². The quantitative estimate of drug-likeness (QED) is 0.544. The van der Waals surface area contributed by atoms with Crippen LogP contribution in [0.2, 0.25) is 0 Å². The van der Waals surface area contributed by atoms with Gasteiger partial charge in [0, 0.05) is 5.57 Å². The van der Waals surface area contributed by atoms with Crippen molar-refractivity contribution >= 4 is 5.78 Å². The highest BCUT2D eigenvalue weighted by molar-refractivity contribution is 6.07. The van der Waals surface area contributed by atoms with Crippen molar-refractivity contribution in [3.05, 3.63) is 47.1 Å². The van der Waals surface area contributed by atoms with Crippen LogP contribution in [0, 0.1) is 40.4 Å². The van der Waals surface area contributed by atoms with Crippen LogP contribution < -0.4 is 0 Å². The maximum Gasteiger partial charge on any atom is 0.182 e. The summed E-state index contributed by atoms with van der Waals surface area (Å²) in [4.78, 5) is 13.3. The molecule has 4 aliphatic carbocycles. The van der Waals surface area contributed by atoms with Crippen molar-refractivity contribution in [2.45, 2.75) is 79.8 Å². The molecule has 164 valence electrons. The average molecular weight is 409 g/mol. The van der Waals surface area contributed by atoms with Gasteiger partial charge in [0.2, 0.25) is 0 Å². The first-order valence-electron chi connectivity index (χ1n) is 12.1. The van der Waals surface area contributed by atoms with E-state index in [0.29, 0.717) is 23.7 Å². The molecule has 7 atom stereocenters. The maximum atomic E-state index is 13.3. The van der Waals surface area contributed by atoms with E-state index in [2.05, 4.69) is 65.8 Å². The van der Waals surface area contributed by atoms with Crippen LogP contribution in [0.1, 0.15) is 73.6 Å². The number of aliphatic hydroxyl groups excluding tert-OH is 1. The fourth-order valence-electron chi connectivity index (χ4n) is 6.96. The fourth-order valence-corrected chi connectivity index (χ4v) is 6.96. The van der Waals surface area contributed by atoms with Gasteiger partial charge in [-0.1, -0.05) is 65.8 Å². The van der Waals surface area contributed by atoms with E-state index >= 15 is 0 Å². The van der Waals surface area contributed by atoms with Crippen molar-refractivity contribution in [3.8, 4) is 0 Å². The van der Waals surface area contributed by atoms with Crippen LogP contribution in [-0.4, -0.2) is 17.0 Å². The Balaban J connectivity index is 1.73. The molecule has 1 unspecified atom stereocenters. The molecule has 1 saturated carbocycles. The Labute approximate surface area is 183 Å². The van der Waals surface area contributed by atoms with Crippen molar-refractivity contribution in [2.24, 2.45) is 40.4 Å². The van der Waals surface area contributed by atoms with E-state index in [1.54, 1.807) is 0 Å². The molecule has 0 radical (unpaired) electrons. The van der Waals surface area contributed by atoms with Crippen LogP contribution in [0.5, 0.6) is 0 Å². The van der Waals surface area contributed by atoms with Gasteiger partial charge in [-0.25, -0.2) is 0 Å². The molecule has 0 aromatic carbocycles. The number of carbonyl (C=O) groups is 1. The number of hydrogen-bond donors (Lipinski definition) is 1. The molecule has 1 fully saturated rings. The largest absolute Gasteiger partial charge is 0.389 e. The third-order valence-corrected chi connectivity index (χ3v) is 9.35. The highest BCUT2D eigenvalue weighted by Crippen LogP contribution is 2.63. The zero-order chi connectivity index (χ0) is 21.8. The smallest absolute Gasteiger partial charge is 0.182 e. The highest BCUT2D eigenvalue weighted by Gasteiger charge is 2.57. The van der Waals surface area contributed by atoms with E-state index in [0.717, 1.165) is 43.3 Å². The molecule has 2 heteroatoms. The number of carbonyl (C=O) groups excluding carboxylic acids is 1. The Morgan fingerprint density at radius 3 is 2.53 bits per heavy atom. The second-order valence-electron chi connectivity index (χ2n) is 11.4. The zero-order valence-corrected chi connectivity index (χ0v) is 19.7. The fraction of sp³-hybridized carbons (Fsp3) is 0.679. The second-order valence-corrected chi connectivity index (χ2v) is 11.4. The van der Waals surface area contributed by atoms with Crippen molar-refractivity contribution in [1.82, 2.24) is 0 Å². The van der Waals surface area contributed by atoms with Crippen molar-refractivity contribution in [2.75, 3.05) is 0 Å². The van der Waals surface area contributed by atoms with Gasteiger partial charge in [0.1, 0.15) is 0 Å². The molecule has 2 nitrogen and oxygen atoms in total. The van der Waals surface area contributed by atoms with E-state index in [9.17, 15) is 9.90 Å². The van der Waals surface area contributed by atoms with Gasteiger partial charge in [-0.15, -0.1) is 0 Å². The van der Waals surface area contributed by atoms with Crippen LogP contribution in [0.25, 0.3) is 0 Å². The predicted octanol–water partition coefficient (Wildman–Crippen LogP) is 6.43. The molecular formula is C28H40O2. The van der Waals surface area contributed by atoms with Gasteiger partial charge in [0.05, 0.1) is 6.10 Å². The minimum atomic E-state index is -0.474. The van der Waals surface area contributed by atoms with Gasteiger partial charge >= 0.3 is 0 Å². The summed E-state index contributed by atoms with van der Waals surface area (Å²) in [5.74, 6) is 2.41. The Morgan fingerprint density at radius 1 is 1.10 bits per heavy atom. The molecule has 0 aromatic rings. The zero-order valence-electron chi connectivity index (χ0n) is 19.7. The molecule has 0 saturated heterocycles. The summed E-state index contributed by atoms with van der Waals surface area (Å²) < 4.78 is 0. The van der Waals surface area contributed by atoms with Gasteiger partial charge < -0.3 is 5.11 Å². The lowest BCUT2D eigenvalue weighted by Gasteiger charge is -2.51. The summed E-state index contributed by atoms with van der Waals surface area (Å²) in [5.41, 5.74) is 3.25. The molecule has 0 amide bonds. The molecule has 0 spiro atoms. The molecule has 4 rings (SSSR count). The first-order chi connectivity index (χ1) is 14.1. The summed E-state index contributed by atoms with van der Waals surface area (Å²) in [5, 5.41) is 11.2. The van der Waals surface area contributed by atoms with Gasteiger partial charge in [-0.3, -0.25) is 4.79 Å². The number of allylic oxidation sites excluding steroid dienone is 7. The van der Waals surface area contributed by atoms with Gasteiger partial charge in [-0.2, -0.15) is 0 Å². The van der Waals surface area contributed by atoms with Crippen LogP contribution in [-0.2, 0) is 4.79 Å². The molecule has 1 N–H and O–H groups in total. The van der Waals surface area contributed by atoms with E-state index in [-0.39, 0.29) is 22.5 Å². The second kappa shape index (κ2) is 7.62. The molecule has 0 bridgehead atoms. The van der Waals surface area contributed by atoms with E-state index in [1.165, 1.54) is 5.57 Å². The molecule has 4 aliphatic rings. The molecule has 0 heterocycles. The van der Waals surface area contributed by atoms with Gasteiger partial charge in [-0.05, 0) is 89.7 Å². The lowest BCUT2D eigenvalue weighted by molar-refractivity contribution is -0.113. The number of hydrogen-bond acceptors (Lipinski definition) is 2. The van der Waals surface area contributed by atoms with Crippen molar-refractivity contribution in [1.29, 1.82) is 0 Å². The third-order valence-electron chi connectivity index (χ3n) is 9.35. The lowest BCUT2D eigenvalue weighted by atomic mass is 9.52. The Morgan fingerprint density at radius 2 is 1.83 bits per heavy atom. The molecule has 30 heavy (non-hydrogen) atoms. The minimum absolute atomic E-state index is 0.0440. The highest BCUT2D eigenvalue weighted by atomic mass is 16.3. The number of ketones is 1. The third kappa shape index (κ3) is 3.22. The van der Waals surface area contributed by atoms with Gasteiger partial charge in [0.25, 0.3) is 0 Å². The standard InChI is InChI=1S/C28H40O2/c1-17(2)18(3)10-11-19(4)22-16-24(30)26-25-21(12-14-28(22,26)6)27(5)13-8-7-9-20(27)15-23(25)29/h7,9-11,15,17-19,21-22,24,30H,8,12-14,16H2,1-6H3/b11-10+/t18-,19+,21-,22+,24?,27-,28+/m0/s1. The summed E-state index contributed by atoms with van der Waals surface area (Å²) >= 11 is 0. The van der Waals surface area contributed by atoms with E-state index in [1.807, 2.05) is 6.08 Å². The Hall–Kier alpha value is -1.41. The number of fused-ring (bicyclic) bond motifs is 4. The van der Waals surface area contributed by atoms with Gasteiger partial charge in [0.15, 0.2) is 5.78 Å². The van der Waals surface area contributed by atoms with Crippen molar-refractivity contribution in [3.63, 3.8) is 0 Å². The summed E-state index contributed by atoms with van der Waals surface area (Å²) in [6.07, 6.45) is 15.6. The predicted molar refractivity (Wildman–Crippen MR) is 124 cm³/mol. The Bertz CT molecular complexity index is 841. The monoisotopic (exact) mass is 408 g/mol. The average Bonchev–Trinajstić information content (AvgIpc) is 2.97. The SMILES string of the molecule is CC(C)[C@@H](C)/C=C/[C@@H](C)[C@H]1CC(O)C2=C3C(=O)C=C4C=CCC[C@]4(C)[C@H]3CC[C@@]21C. The first-order valence-corrected chi connectivity index (χ1v) is 12.1. The lowest BCUT2D eigenvalue weighted by Crippen LogP contribution is -2.44. The van der Waals surface area contributed by atoms with Crippen LogP contribution >= 0.6 is 0 Å². The van der Waals surface area contributed by atoms with Crippen LogP contribution in [0.3, 0.4) is 0 Å². The molecular weight excluding hydrogens is 368 g/mol. The number of aliphatic hydroxyl groups is 1.